The SMILES string of the molecule is CCCCCCc1cc(N)n(CCO)n1. The first-order chi connectivity index (χ1) is 7.27. The Hall–Kier alpha value is -1.03. The molecular weight excluding hydrogens is 190 g/mol. The predicted molar refractivity (Wildman–Crippen MR) is 61.6 cm³/mol. The highest BCUT2D eigenvalue weighted by atomic mass is 16.3. The van der Waals surface area contributed by atoms with Gasteiger partial charge in [-0.3, -0.25) is 0 Å². The number of aryl methyl sites for hydroxylation is 1. The van der Waals surface area contributed by atoms with E-state index in [-0.39, 0.29) is 6.61 Å². The topological polar surface area (TPSA) is 64.1 Å². The molecular formula is C11H21N3O. The molecule has 3 N–H and O–H groups in total. The van der Waals surface area contributed by atoms with Gasteiger partial charge in [-0.25, -0.2) is 4.68 Å². The van der Waals surface area contributed by atoms with Crippen molar-refractivity contribution in [1.29, 1.82) is 0 Å². The van der Waals surface area contributed by atoms with Crippen LogP contribution in [0.25, 0.3) is 0 Å². The van der Waals surface area contributed by atoms with Crippen molar-refractivity contribution < 1.29 is 5.11 Å². The van der Waals surface area contributed by atoms with Gasteiger partial charge in [0.2, 0.25) is 0 Å². The first-order valence-corrected chi connectivity index (χ1v) is 5.71. The second-order valence-electron chi connectivity index (χ2n) is 3.82. The van der Waals surface area contributed by atoms with E-state index >= 15 is 0 Å². The number of nitrogens with zero attached hydrogens (tertiary/aromatic N) is 2. The van der Waals surface area contributed by atoms with Gasteiger partial charge in [0.05, 0.1) is 18.8 Å². The van der Waals surface area contributed by atoms with E-state index in [0.29, 0.717) is 12.4 Å². The summed E-state index contributed by atoms with van der Waals surface area (Å²) in [7, 11) is 0. The van der Waals surface area contributed by atoms with Gasteiger partial charge in [0, 0.05) is 6.07 Å². The Kier molecular flexibility index (Phi) is 5.18. The standard InChI is InChI=1S/C11H21N3O/c1-2-3-4-5-6-10-9-11(12)14(13-10)7-8-15/h9,15H,2-8,12H2,1H3. The highest BCUT2D eigenvalue weighted by molar-refractivity contribution is 5.30. The van der Waals surface area contributed by atoms with Crippen LogP contribution in [0.15, 0.2) is 6.07 Å². The molecule has 0 unspecified atom stereocenters. The lowest BCUT2D eigenvalue weighted by atomic mass is 10.1. The van der Waals surface area contributed by atoms with Crippen LogP contribution in [0.5, 0.6) is 0 Å². The van der Waals surface area contributed by atoms with Crippen molar-refractivity contribution in [3.63, 3.8) is 0 Å². The Balaban J connectivity index is 2.37. The van der Waals surface area contributed by atoms with Crippen LogP contribution >= 0.6 is 0 Å². The summed E-state index contributed by atoms with van der Waals surface area (Å²) in [5, 5.41) is 13.1. The molecule has 1 aromatic rings. The maximum atomic E-state index is 8.78. The third kappa shape index (κ3) is 3.91. The molecule has 0 saturated carbocycles. The van der Waals surface area contributed by atoms with Gasteiger partial charge in [-0.15, -0.1) is 0 Å². The van der Waals surface area contributed by atoms with Crippen molar-refractivity contribution in [1.82, 2.24) is 9.78 Å². The fraction of sp³-hybridized carbons (Fsp3) is 0.727. The Morgan fingerprint density at radius 3 is 2.87 bits per heavy atom. The average Bonchev–Trinajstić information content (AvgIpc) is 2.55. The summed E-state index contributed by atoms with van der Waals surface area (Å²) < 4.78 is 1.66. The smallest absolute Gasteiger partial charge is 0.122 e. The molecule has 0 spiro atoms. The first-order valence-electron chi connectivity index (χ1n) is 5.71. The lowest BCUT2D eigenvalue weighted by Crippen LogP contribution is -2.07. The van der Waals surface area contributed by atoms with Crippen LogP contribution in [0.3, 0.4) is 0 Å². The van der Waals surface area contributed by atoms with Crippen molar-refractivity contribution in [2.75, 3.05) is 12.3 Å². The second kappa shape index (κ2) is 6.45. The molecule has 1 aromatic heterocycles. The maximum absolute atomic E-state index is 8.78. The van der Waals surface area contributed by atoms with Gasteiger partial charge >= 0.3 is 0 Å². The van der Waals surface area contributed by atoms with Crippen LogP contribution in [0.2, 0.25) is 0 Å². The summed E-state index contributed by atoms with van der Waals surface area (Å²) in [4.78, 5) is 0. The fourth-order valence-corrected chi connectivity index (χ4v) is 1.62. The average molecular weight is 211 g/mol. The second-order valence-corrected chi connectivity index (χ2v) is 3.82. The molecule has 0 fully saturated rings. The van der Waals surface area contributed by atoms with Crippen molar-refractivity contribution in [2.45, 2.75) is 45.6 Å². The molecule has 0 saturated heterocycles. The zero-order chi connectivity index (χ0) is 11.1. The first kappa shape index (κ1) is 12.0. The van der Waals surface area contributed by atoms with Gasteiger partial charge in [0.15, 0.2) is 0 Å². The fourth-order valence-electron chi connectivity index (χ4n) is 1.62. The summed E-state index contributed by atoms with van der Waals surface area (Å²) >= 11 is 0. The number of rotatable bonds is 7. The van der Waals surface area contributed by atoms with E-state index in [1.54, 1.807) is 4.68 Å². The van der Waals surface area contributed by atoms with Crippen LogP contribution in [-0.4, -0.2) is 21.5 Å². The predicted octanol–water partition coefficient (Wildman–Crippen LogP) is 1.58. The molecule has 86 valence electrons. The number of unbranched alkanes of at least 4 members (excludes halogenated alkanes) is 3. The van der Waals surface area contributed by atoms with Crippen LogP contribution in [0, 0.1) is 0 Å². The van der Waals surface area contributed by atoms with E-state index in [9.17, 15) is 0 Å². The molecule has 4 nitrogen and oxygen atoms in total. The third-order valence-electron chi connectivity index (χ3n) is 2.46. The molecule has 15 heavy (non-hydrogen) atoms. The summed E-state index contributed by atoms with van der Waals surface area (Å²) in [6.07, 6.45) is 5.95. The molecule has 0 aliphatic carbocycles. The number of aromatic nitrogens is 2. The van der Waals surface area contributed by atoms with Crippen molar-refractivity contribution in [3.05, 3.63) is 11.8 Å². The number of aliphatic hydroxyl groups is 1. The molecule has 1 rings (SSSR count). The van der Waals surface area contributed by atoms with E-state index in [1.807, 2.05) is 6.07 Å². The van der Waals surface area contributed by atoms with Crippen molar-refractivity contribution in [3.8, 4) is 0 Å². The molecule has 0 amide bonds. The molecule has 0 aliphatic rings. The summed E-state index contributed by atoms with van der Waals surface area (Å²) in [6.45, 7) is 2.77. The molecule has 4 heteroatoms. The van der Waals surface area contributed by atoms with E-state index in [0.717, 1.165) is 12.1 Å². The maximum Gasteiger partial charge on any atom is 0.122 e. The van der Waals surface area contributed by atoms with Crippen molar-refractivity contribution >= 4 is 5.82 Å². The summed E-state index contributed by atoms with van der Waals surface area (Å²) in [5.74, 6) is 0.648. The van der Waals surface area contributed by atoms with Crippen LogP contribution in [0.1, 0.15) is 38.3 Å². The molecule has 0 radical (unpaired) electrons. The van der Waals surface area contributed by atoms with Gasteiger partial charge in [-0.05, 0) is 12.8 Å². The Morgan fingerprint density at radius 1 is 1.40 bits per heavy atom. The number of nitrogens with two attached hydrogens (primary N) is 1. The third-order valence-corrected chi connectivity index (χ3v) is 2.46. The van der Waals surface area contributed by atoms with Gasteiger partial charge in [-0.1, -0.05) is 26.2 Å². The molecule has 0 bridgehead atoms. The largest absolute Gasteiger partial charge is 0.394 e. The highest BCUT2D eigenvalue weighted by Crippen LogP contribution is 2.10. The van der Waals surface area contributed by atoms with Crippen molar-refractivity contribution in [2.24, 2.45) is 0 Å². The molecule has 0 aliphatic heterocycles. The quantitative estimate of drug-likeness (QED) is 0.673. The summed E-state index contributed by atoms with van der Waals surface area (Å²) in [6, 6.07) is 1.90. The van der Waals surface area contributed by atoms with E-state index in [1.165, 1.54) is 25.7 Å². The molecule has 0 atom stereocenters. The zero-order valence-corrected chi connectivity index (χ0v) is 9.45. The highest BCUT2D eigenvalue weighted by Gasteiger charge is 2.03. The van der Waals surface area contributed by atoms with Crippen LogP contribution < -0.4 is 5.73 Å². The van der Waals surface area contributed by atoms with E-state index < -0.39 is 0 Å². The van der Waals surface area contributed by atoms with Gasteiger partial charge in [-0.2, -0.15) is 5.10 Å². The summed E-state index contributed by atoms with van der Waals surface area (Å²) in [5.41, 5.74) is 6.79. The lowest BCUT2D eigenvalue weighted by molar-refractivity contribution is 0.270. The lowest BCUT2D eigenvalue weighted by Gasteiger charge is -1.99. The van der Waals surface area contributed by atoms with Crippen LogP contribution in [0.4, 0.5) is 5.82 Å². The monoisotopic (exact) mass is 211 g/mol. The minimum atomic E-state index is 0.0845. The van der Waals surface area contributed by atoms with Gasteiger partial charge < -0.3 is 10.8 Å². The van der Waals surface area contributed by atoms with E-state index in [4.69, 9.17) is 10.8 Å². The molecule has 0 aromatic carbocycles. The number of hydrogen-bond donors (Lipinski definition) is 2. The molecule has 1 heterocycles. The Labute approximate surface area is 91.1 Å². The van der Waals surface area contributed by atoms with E-state index in [2.05, 4.69) is 12.0 Å². The minimum Gasteiger partial charge on any atom is -0.394 e. The Morgan fingerprint density at radius 2 is 2.20 bits per heavy atom. The van der Waals surface area contributed by atoms with Gasteiger partial charge in [0.25, 0.3) is 0 Å². The van der Waals surface area contributed by atoms with Crippen LogP contribution in [-0.2, 0) is 13.0 Å². The number of anilines is 1. The Bertz CT molecular complexity index is 283. The zero-order valence-electron chi connectivity index (χ0n) is 9.45. The minimum absolute atomic E-state index is 0.0845. The number of aliphatic hydroxyl groups excluding tert-OH is 1. The number of nitrogen functional groups attached to an aromatic ring is 1. The number of hydrogen-bond acceptors (Lipinski definition) is 3. The van der Waals surface area contributed by atoms with Gasteiger partial charge in [0.1, 0.15) is 5.82 Å². The normalized spacial score (nSPS) is 10.8.